The summed E-state index contributed by atoms with van der Waals surface area (Å²) < 4.78 is 2.46. The Morgan fingerprint density at radius 2 is 2.20 bits per heavy atom. The van der Waals surface area contributed by atoms with Gasteiger partial charge in [-0.25, -0.2) is 4.98 Å². The molecule has 1 aliphatic heterocycles. The third-order valence-corrected chi connectivity index (χ3v) is 5.50. The molecule has 0 bridgehead atoms. The van der Waals surface area contributed by atoms with Gasteiger partial charge in [0.15, 0.2) is 5.82 Å². The van der Waals surface area contributed by atoms with Crippen molar-refractivity contribution in [3.8, 4) is 0 Å². The minimum absolute atomic E-state index is 0.356. The first kappa shape index (κ1) is 14.1. The number of halogens is 1. The monoisotopic (exact) mass is 309 g/mol. The smallest absolute Gasteiger partial charge is 0.152 e. The number of nitrogens with zero attached hydrogens (tertiary/aromatic N) is 3. The highest BCUT2D eigenvalue weighted by atomic mass is 35.5. The Morgan fingerprint density at radius 3 is 3.00 bits per heavy atom. The number of aromatic nitrogens is 2. The van der Waals surface area contributed by atoms with Gasteiger partial charge in [0.2, 0.25) is 0 Å². The summed E-state index contributed by atoms with van der Waals surface area (Å²) in [7, 11) is 0. The maximum atomic E-state index is 6.18. The van der Waals surface area contributed by atoms with Gasteiger partial charge in [0.25, 0.3) is 0 Å². The summed E-state index contributed by atoms with van der Waals surface area (Å²) in [4.78, 5) is 7.19. The Kier molecular flexibility index (Phi) is 3.87. The van der Waals surface area contributed by atoms with Crippen molar-refractivity contribution in [3.63, 3.8) is 0 Å². The zero-order valence-corrected chi connectivity index (χ0v) is 13.5. The molecule has 3 nitrogen and oxygen atoms in total. The molecule has 0 aromatic carbocycles. The number of rotatable bonds is 2. The average Bonchev–Trinajstić information content (AvgIpc) is 2.70. The van der Waals surface area contributed by atoms with Gasteiger partial charge in [-0.3, -0.25) is 0 Å². The second-order valence-electron chi connectivity index (χ2n) is 5.79. The summed E-state index contributed by atoms with van der Waals surface area (Å²) in [5.74, 6) is 2.69. The van der Waals surface area contributed by atoms with Crippen LogP contribution in [0.25, 0.3) is 5.65 Å². The Labute approximate surface area is 129 Å². The predicted octanol–water partition coefficient (Wildman–Crippen LogP) is 3.80. The largest absolute Gasteiger partial charge is 0.354 e. The van der Waals surface area contributed by atoms with Gasteiger partial charge in [0.05, 0.1) is 11.6 Å². The van der Waals surface area contributed by atoms with Crippen molar-refractivity contribution < 1.29 is 0 Å². The van der Waals surface area contributed by atoms with Crippen LogP contribution in [-0.2, 0) is 5.88 Å². The van der Waals surface area contributed by atoms with E-state index >= 15 is 0 Å². The van der Waals surface area contributed by atoms with Crippen LogP contribution in [-0.4, -0.2) is 33.0 Å². The molecule has 0 amide bonds. The second-order valence-corrected chi connectivity index (χ2v) is 7.86. The van der Waals surface area contributed by atoms with Gasteiger partial charge < -0.3 is 9.30 Å². The summed E-state index contributed by atoms with van der Waals surface area (Å²) >= 11 is 8.23. The van der Waals surface area contributed by atoms with Gasteiger partial charge in [-0.05, 0) is 18.6 Å². The quantitative estimate of drug-likeness (QED) is 0.787. The fraction of sp³-hybridized carbons (Fsp3) is 0.533. The molecule has 0 radical (unpaired) electrons. The number of pyridine rings is 1. The van der Waals surface area contributed by atoms with Crippen LogP contribution in [0.2, 0.25) is 0 Å². The maximum absolute atomic E-state index is 6.18. The second kappa shape index (κ2) is 5.49. The zero-order valence-electron chi connectivity index (χ0n) is 12.0. The van der Waals surface area contributed by atoms with Crippen LogP contribution in [0.4, 0.5) is 5.82 Å². The van der Waals surface area contributed by atoms with Gasteiger partial charge in [-0.2, -0.15) is 11.8 Å². The standard InChI is InChI=1S/C15H20ClN3S/c1-15(2)6-8-18(9-10-20-15)14-12(11-16)19-7-4-3-5-13(19)17-14/h3-5,7H,6,8-11H2,1-2H3. The SMILES string of the molecule is CC1(C)CCN(c2nc3ccccn3c2CCl)CCS1. The molecule has 108 valence electrons. The summed E-state index contributed by atoms with van der Waals surface area (Å²) in [5.41, 5.74) is 2.08. The van der Waals surface area contributed by atoms with Gasteiger partial charge in [0, 0.05) is 29.8 Å². The lowest BCUT2D eigenvalue weighted by atomic mass is 10.1. The molecule has 5 heteroatoms. The Hall–Kier alpha value is -0.870. The van der Waals surface area contributed by atoms with Crippen LogP contribution in [0.5, 0.6) is 0 Å². The molecule has 1 fully saturated rings. The van der Waals surface area contributed by atoms with Gasteiger partial charge in [-0.15, -0.1) is 11.6 Å². The molecule has 0 unspecified atom stereocenters. The highest BCUT2D eigenvalue weighted by molar-refractivity contribution is 8.00. The minimum atomic E-state index is 0.356. The van der Waals surface area contributed by atoms with Crippen LogP contribution in [0.15, 0.2) is 24.4 Å². The lowest BCUT2D eigenvalue weighted by Crippen LogP contribution is -2.28. The van der Waals surface area contributed by atoms with Gasteiger partial charge in [-0.1, -0.05) is 19.9 Å². The van der Waals surface area contributed by atoms with Crippen molar-refractivity contribution in [2.24, 2.45) is 0 Å². The summed E-state index contributed by atoms with van der Waals surface area (Å²) in [6, 6.07) is 6.08. The van der Waals surface area contributed by atoms with E-state index in [4.69, 9.17) is 16.6 Å². The van der Waals surface area contributed by atoms with Crippen molar-refractivity contribution in [1.29, 1.82) is 0 Å². The molecule has 20 heavy (non-hydrogen) atoms. The van der Waals surface area contributed by atoms with Crippen molar-refractivity contribution in [2.75, 3.05) is 23.7 Å². The predicted molar refractivity (Wildman–Crippen MR) is 88.1 cm³/mol. The Balaban J connectivity index is 1.97. The molecule has 3 rings (SSSR count). The first-order valence-corrected chi connectivity index (χ1v) is 8.53. The fourth-order valence-electron chi connectivity index (χ4n) is 2.64. The van der Waals surface area contributed by atoms with E-state index in [-0.39, 0.29) is 0 Å². The van der Waals surface area contributed by atoms with Crippen molar-refractivity contribution >= 4 is 34.8 Å². The van der Waals surface area contributed by atoms with Crippen LogP contribution in [0.3, 0.4) is 0 Å². The van der Waals surface area contributed by atoms with Crippen LogP contribution >= 0.6 is 23.4 Å². The molecule has 2 aromatic heterocycles. The van der Waals surface area contributed by atoms with Crippen LogP contribution < -0.4 is 4.90 Å². The van der Waals surface area contributed by atoms with E-state index in [2.05, 4.69) is 34.9 Å². The van der Waals surface area contributed by atoms with Gasteiger partial charge >= 0.3 is 0 Å². The van der Waals surface area contributed by atoms with E-state index in [9.17, 15) is 0 Å². The lowest BCUT2D eigenvalue weighted by Gasteiger charge is -2.23. The molecule has 0 aliphatic carbocycles. The van der Waals surface area contributed by atoms with Crippen molar-refractivity contribution in [1.82, 2.24) is 9.38 Å². The molecule has 0 N–H and O–H groups in total. The molecular weight excluding hydrogens is 290 g/mol. The average molecular weight is 310 g/mol. The molecular formula is C15H20ClN3S. The maximum Gasteiger partial charge on any atom is 0.152 e. The van der Waals surface area contributed by atoms with Crippen molar-refractivity contribution in [3.05, 3.63) is 30.1 Å². The molecule has 2 aromatic rings. The molecule has 1 aliphatic rings. The number of hydrogen-bond donors (Lipinski definition) is 0. The van der Waals surface area contributed by atoms with E-state index in [1.165, 1.54) is 6.42 Å². The first-order chi connectivity index (χ1) is 9.61. The van der Waals surface area contributed by atoms with E-state index in [1.807, 2.05) is 24.4 Å². The topological polar surface area (TPSA) is 20.5 Å². The molecule has 0 saturated carbocycles. The molecule has 0 spiro atoms. The Morgan fingerprint density at radius 1 is 1.35 bits per heavy atom. The first-order valence-electron chi connectivity index (χ1n) is 7.01. The van der Waals surface area contributed by atoms with E-state index in [1.54, 1.807) is 0 Å². The number of alkyl halides is 1. The number of thioether (sulfide) groups is 1. The highest BCUT2D eigenvalue weighted by Gasteiger charge is 2.26. The molecule has 3 heterocycles. The lowest BCUT2D eigenvalue weighted by molar-refractivity contribution is 0.635. The van der Waals surface area contributed by atoms with Crippen LogP contribution in [0, 0.1) is 0 Å². The van der Waals surface area contributed by atoms with Crippen molar-refractivity contribution in [2.45, 2.75) is 30.9 Å². The normalized spacial score (nSPS) is 19.2. The molecule has 0 atom stereocenters. The number of hydrogen-bond acceptors (Lipinski definition) is 3. The van der Waals surface area contributed by atoms with Gasteiger partial charge in [0.1, 0.15) is 5.65 Å². The third-order valence-electron chi connectivity index (χ3n) is 3.87. The minimum Gasteiger partial charge on any atom is -0.354 e. The summed E-state index contributed by atoms with van der Waals surface area (Å²) in [6.07, 6.45) is 3.22. The highest BCUT2D eigenvalue weighted by Crippen LogP contribution is 2.33. The van der Waals surface area contributed by atoms with E-state index < -0.39 is 0 Å². The number of imidazole rings is 1. The summed E-state index contributed by atoms with van der Waals surface area (Å²) in [5, 5.41) is 0. The fourth-order valence-corrected chi connectivity index (χ4v) is 3.99. The number of fused-ring (bicyclic) bond motifs is 1. The Bertz CT molecular complexity index is 608. The number of anilines is 1. The zero-order chi connectivity index (χ0) is 14.2. The van der Waals surface area contributed by atoms with Crippen LogP contribution in [0.1, 0.15) is 26.0 Å². The van der Waals surface area contributed by atoms with E-state index in [0.29, 0.717) is 10.6 Å². The van der Waals surface area contributed by atoms with E-state index in [0.717, 1.165) is 36.0 Å². The third kappa shape index (κ3) is 2.63. The summed E-state index contributed by atoms with van der Waals surface area (Å²) in [6.45, 7) is 6.75. The molecule has 1 saturated heterocycles.